The van der Waals surface area contributed by atoms with Crippen LogP contribution in [0, 0.1) is 13.8 Å². The topological polar surface area (TPSA) is 24.9 Å². The SMILES string of the molecule is CCC(NCc1ncccc1C)c1ccc(C)cc1. The lowest BCUT2D eigenvalue weighted by molar-refractivity contribution is 0.513. The number of aryl methyl sites for hydroxylation is 2. The number of hydrogen-bond donors (Lipinski definition) is 1. The van der Waals surface area contributed by atoms with E-state index in [4.69, 9.17) is 0 Å². The molecule has 0 aliphatic rings. The maximum atomic E-state index is 4.43. The van der Waals surface area contributed by atoms with Crippen molar-refractivity contribution in [2.75, 3.05) is 0 Å². The first-order chi connectivity index (χ1) is 9.20. The number of hydrogen-bond acceptors (Lipinski definition) is 2. The Hall–Kier alpha value is -1.67. The van der Waals surface area contributed by atoms with E-state index in [1.807, 2.05) is 12.3 Å². The van der Waals surface area contributed by atoms with Gasteiger partial charge in [0.15, 0.2) is 0 Å². The molecule has 0 saturated carbocycles. The van der Waals surface area contributed by atoms with Gasteiger partial charge in [-0.15, -0.1) is 0 Å². The van der Waals surface area contributed by atoms with Crippen molar-refractivity contribution in [1.29, 1.82) is 0 Å². The molecule has 1 N–H and O–H groups in total. The number of rotatable bonds is 5. The number of aromatic nitrogens is 1. The van der Waals surface area contributed by atoms with E-state index in [1.165, 1.54) is 16.7 Å². The Bertz CT molecular complexity index is 517. The molecule has 0 fully saturated rings. The predicted octanol–water partition coefficient (Wildman–Crippen LogP) is 3.94. The van der Waals surface area contributed by atoms with Crippen molar-refractivity contribution in [2.45, 2.75) is 39.8 Å². The molecule has 2 heteroatoms. The van der Waals surface area contributed by atoms with Gasteiger partial charge in [-0.25, -0.2) is 0 Å². The molecule has 2 rings (SSSR count). The lowest BCUT2D eigenvalue weighted by Crippen LogP contribution is -2.21. The predicted molar refractivity (Wildman–Crippen MR) is 80.0 cm³/mol. The first kappa shape index (κ1) is 13.8. The summed E-state index contributed by atoms with van der Waals surface area (Å²) in [7, 11) is 0. The van der Waals surface area contributed by atoms with Crippen molar-refractivity contribution >= 4 is 0 Å². The molecule has 0 bridgehead atoms. The summed E-state index contributed by atoms with van der Waals surface area (Å²) >= 11 is 0. The van der Waals surface area contributed by atoms with Crippen LogP contribution in [-0.2, 0) is 6.54 Å². The third kappa shape index (κ3) is 3.65. The van der Waals surface area contributed by atoms with Gasteiger partial charge in [-0.1, -0.05) is 42.8 Å². The third-order valence-electron chi connectivity index (χ3n) is 3.52. The van der Waals surface area contributed by atoms with Crippen LogP contribution in [0.25, 0.3) is 0 Å². The van der Waals surface area contributed by atoms with Gasteiger partial charge in [0.1, 0.15) is 0 Å². The molecule has 19 heavy (non-hydrogen) atoms. The smallest absolute Gasteiger partial charge is 0.0570 e. The van der Waals surface area contributed by atoms with Crippen molar-refractivity contribution in [3.05, 3.63) is 65.0 Å². The molecule has 2 nitrogen and oxygen atoms in total. The van der Waals surface area contributed by atoms with Crippen LogP contribution in [0.1, 0.15) is 41.8 Å². The van der Waals surface area contributed by atoms with Crippen molar-refractivity contribution in [1.82, 2.24) is 10.3 Å². The molecule has 0 radical (unpaired) electrons. The van der Waals surface area contributed by atoms with Gasteiger partial charge in [0.25, 0.3) is 0 Å². The van der Waals surface area contributed by atoms with Gasteiger partial charge in [0.2, 0.25) is 0 Å². The van der Waals surface area contributed by atoms with E-state index in [1.54, 1.807) is 0 Å². The minimum absolute atomic E-state index is 0.391. The Morgan fingerprint density at radius 2 is 1.84 bits per heavy atom. The molecular weight excluding hydrogens is 232 g/mol. The molecule has 0 saturated heterocycles. The van der Waals surface area contributed by atoms with E-state index in [0.717, 1.165) is 18.7 Å². The van der Waals surface area contributed by atoms with E-state index in [2.05, 4.69) is 61.4 Å². The van der Waals surface area contributed by atoms with Gasteiger partial charge in [-0.05, 0) is 37.5 Å². The van der Waals surface area contributed by atoms with Crippen LogP contribution in [0.5, 0.6) is 0 Å². The summed E-state index contributed by atoms with van der Waals surface area (Å²) < 4.78 is 0. The first-order valence-corrected chi connectivity index (χ1v) is 6.91. The number of benzene rings is 1. The van der Waals surface area contributed by atoms with Gasteiger partial charge in [-0.2, -0.15) is 0 Å². The molecular formula is C17H22N2. The van der Waals surface area contributed by atoms with Crippen LogP contribution in [0.3, 0.4) is 0 Å². The second kappa shape index (κ2) is 6.48. The molecule has 0 amide bonds. The fraction of sp³-hybridized carbons (Fsp3) is 0.353. The maximum absolute atomic E-state index is 4.43. The highest BCUT2D eigenvalue weighted by molar-refractivity contribution is 5.24. The van der Waals surface area contributed by atoms with Crippen LogP contribution in [0.2, 0.25) is 0 Å². The van der Waals surface area contributed by atoms with Crippen LogP contribution in [-0.4, -0.2) is 4.98 Å². The summed E-state index contributed by atoms with van der Waals surface area (Å²) in [4.78, 5) is 4.43. The minimum Gasteiger partial charge on any atom is -0.304 e. The van der Waals surface area contributed by atoms with E-state index >= 15 is 0 Å². The van der Waals surface area contributed by atoms with Gasteiger partial charge in [0, 0.05) is 18.8 Å². The Kier molecular flexibility index (Phi) is 4.69. The highest BCUT2D eigenvalue weighted by Crippen LogP contribution is 2.18. The van der Waals surface area contributed by atoms with Crippen molar-refractivity contribution in [2.24, 2.45) is 0 Å². The highest BCUT2D eigenvalue weighted by atomic mass is 14.9. The summed E-state index contributed by atoms with van der Waals surface area (Å²) in [6.07, 6.45) is 2.94. The second-order valence-electron chi connectivity index (χ2n) is 5.02. The van der Waals surface area contributed by atoms with E-state index < -0.39 is 0 Å². The summed E-state index contributed by atoms with van der Waals surface area (Å²) in [6.45, 7) is 7.26. The monoisotopic (exact) mass is 254 g/mol. The first-order valence-electron chi connectivity index (χ1n) is 6.91. The van der Waals surface area contributed by atoms with E-state index in [-0.39, 0.29) is 0 Å². The Balaban J connectivity index is 2.04. The van der Waals surface area contributed by atoms with Crippen LogP contribution >= 0.6 is 0 Å². The quantitative estimate of drug-likeness (QED) is 0.874. The third-order valence-corrected chi connectivity index (χ3v) is 3.52. The molecule has 0 spiro atoms. The summed E-state index contributed by atoms with van der Waals surface area (Å²) in [5.41, 5.74) is 5.03. The Labute approximate surface area is 115 Å². The minimum atomic E-state index is 0.391. The molecule has 1 aromatic carbocycles. The Morgan fingerprint density at radius 1 is 1.11 bits per heavy atom. The van der Waals surface area contributed by atoms with Gasteiger partial charge in [0.05, 0.1) is 5.69 Å². The number of pyridine rings is 1. The standard InChI is InChI=1S/C17H22N2/c1-4-16(15-9-7-13(2)8-10-15)19-12-17-14(3)6-5-11-18-17/h5-11,16,19H,4,12H2,1-3H3. The summed E-state index contributed by atoms with van der Waals surface area (Å²) in [5.74, 6) is 0. The molecule has 100 valence electrons. The van der Waals surface area contributed by atoms with Crippen molar-refractivity contribution in [3.8, 4) is 0 Å². The second-order valence-corrected chi connectivity index (χ2v) is 5.02. The maximum Gasteiger partial charge on any atom is 0.0570 e. The zero-order chi connectivity index (χ0) is 13.7. The number of nitrogens with one attached hydrogen (secondary N) is 1. The molecule has 2 aromatic rings. The molecule has 1 unspecified atom stereocenters. The largest absolute Gasteiger partial charge is 0.304 e. The van der Waals surface area contributed by atoms with Gasteiger partial charge < -0.3 is 5.32 Å². The zero-order valence-electron chi connectivity index (χ0n) is 12.0. The van der Waals surface area contributed by atoms with E-state index in [9.17, 15) is 0 Å². The van der Waals surface area contributed by atoms with Gasteiger partial charge in [-0.3, -0.25) is 4.98 Å². The van der Waals surface area contributed by atoms with Crippen molar-refractivity contribution in [3.63, 3.8) is 0 Å². The van der Waals surface area contributed by atoms with Gasteiger partial charge >= 0.3 is 0 Å². The lowest BCUT2D eigenvalue weighted by Gasteiger charge is -2.18. The van der Waals surface area contributed by atoms with Crippen molar-refractivity contribution < 1.29 is 0 Å². The van der Waals surface area contributed by atoms with Crippen LogP contribution in [0.15, 0.2) is 42.6 Å². The average molecular weight is 254 g/mol. The molecule has 1 heterocycles. The van der Waals surface area contributed by atoms with Crippen LogP contribution < -0.4 is 5.32 Å². The molecule has 1 aromatic heterocycles. The number of nitrogens with zero attached hydrogens (tertiary/aromatic N) is 1. The Morgan fingerprint density at radius 3 is 2.47 bits per heavy atom. The molecule has 0 aliphatic carbocycles. The summed E-state index contributed by atoms with van der Waals surface area (Å²) in [6, 6.07) is 13.2. The zero-order valence-corrected chi connectivity index (χ0v) is 12.0. The highest BCUT2D eigenvalue weighted by Gasteiger charge is 2.09. The lowest BCUT2D eigenvalue weighted by atomic mass is 10.0. The fourth-order valence-corrected chi connectivity index (χ4v) is 2.22. The molecule has 1 atom stereocenters. The average Bonchev–Trinajstić information content (AvgIpc) is 2.43. The van der Waals surface area contributed by atoms with E-state index in [0.29, 0.717) is 6.04 Å². The summed E-state index contributed by atoms with van der Waals surface area (Å²) in [5, 5.41) is 3.60. The molecule has 0 aliphatic heterocycles. The fourth-order valence-electron chi connectivity index (χ4n) is 2.22. The normalized spacial score (nSPS) is 12.4. The van der Waals surface area contributed by atoms with Crippen LogP contribution in [0.4, 0.5) is 0 Å².